The van der Waals surface area contributed by atoms with E-state index in [1.54, 1.807) is 6.07 Å². The molecule has 24 heavy (non-hydrogen) atoms. The Hall–Kier alpha value is -3.28. The lowest BCUT2D eigenvalue weighted by atomic mass is 10.2. The standard InChI is InChI=1S/C18H15FN4O/c1-12-4-2-3-5-15(12)23-17-10-16(20-11-21-17)18(24)22-14-8-6-13(19)7-9-14/h2-11H,1H3,(H,22,24)(H,20,21,23). The van der Waals surface area contributed by atoms with Gasteiger partial charge in [-0.2, -0.15) is 0 Å². The number of nitrogens with zero attached hydrogens (tertiary/aromatic N) is 2. The number of anilines is 3. The molecule has 0 fully saturated rings. The second-order valence-corrected chi connectivity index (χ2v) is 5.19. The van der Waals surface area contributed by atoms with Crippen molar-refractivity contribution < 1.29 is 9.18 Å². The Morgan fingerprint density at radius 1 is 1.04 bits per heavy atom. The van der Waals surface area contributed by atoms with Crippen LogP contribution in [-0.2, 0) is 0 Å². The molecule has 3 rings (SSSR count). The molecule has 1 amide bonds. The van der Waals surface area contributed by atoms with E-state index in [2.05, 4.69) is 20.6 Å². The Bertz CT molecular complexity index is 865. The number of halogens is 1. The third-order valence-electron chi connectivity index (χ3n) is 3.41. The first-order valence-electron chi connectivity index (χ1n) is 7.33. The van der Waals surface area contributed by atoms with Crippen molar-refractivity contribution in [3.05, 3.63) is 78.0 Å². The summed E-state index contributed by atoms with van der Waals surface area (Å²) in [6.45, 7) is 1.98. The maximum atomic E-state index is 12.9. The summed E-state index contributed by atoms with van der Waals surface area (Å²) in [5, 5.41) is 5.82. The molecule has 2 aromatic carbocycles. The number of rotatable bonds is 4. The molecule has 0 saturated heterocycles. The average molecular weight is 322 g/mol. The topological polar surface area (TPSA) is 66.9 Å². The van der Waals surface area contributed by atoms with Crippen molar-refractivity contribution in [2.45, 2.75) is 6.92 Å². The lowest BCUT2D eigenvalue weighted by Gasteiger charge is -2.09. The van der Waals surface area contributed by atoms with E-state index < -0.39 is 5.91 Å². The van der Waals surface area contributed by atoms with Crippen LogP contribution in [0.15, 0.2) is 60.9 Å². The normalized spacial score (nSPS) is 10.2. The molecule has 0 bridgehead atoms. The Labute approximate surface area is 138 Å². The number of para-hydroxylation sites is 1. The SMILES string of the molecule is Cc1ccccc1Nc1cc(C(=O)Nc2ccc(F)cc2)ncn1. The van der Waals surface area contributed by atoms with E-state index in [4.69, 9.17) is 0 Å². The number of carbonyl (C=O) groups excluding carboxylic acids is 1. The van der Waals surface area contributed by atoms with Crippen molar-refractivity contribution in [1.29, 1.82) is 0 Å². The van der Waals surface area contributed by atoms with Crippen LogP contribution in [0.4, 0.5) is 21.6 Å². The van der Waals surface area contributed by atoms with Gasteiger partial charge in [0.05, 0.1) is 0 Å². The maximum Gasteiger partial charge on any atom is 0.274 e. The van der Waals surface area contributed by atoms with Gasteiger partial charge in [0.1, 0.15) is 23.7 Å². The number of hydrogen-bond donors (Lipinski definition) is 2. The first-order chi connectivity index (χ1) is 11.6. The second-order valence-electron chi connectivity index (χ2n) is 5.19. The first kappa shape index (κ1) is 15.6. The van der Waals surface area contributed by atoms with Gasteiger partial charge in [0.25, 0.3) is 5.91 Å². The highest BCUT2D eigenvalue weighted by Crippen LogP contribution is 2.19. The highest BCUT2D eigenvalue weighted by molar-refractivity contribution is 6.03. The van der Waals surface area contributed by atoms with E-state index >= 15 is 0 Å². The fourth-order valence-corrected chi connectivity index (χ4v) is 2.13. The Morgan fingerprint density at radius 2 is 1.79 bits per heavy atom. The zero-order valence-corrected chi connectivity index (χ0v) is 13.0. The van der Waals surface area contributed by atoms with Crippen LogP contribution < -0.4 is 10.6 Å². The number of hydrogen-bond acceptors (Lipinski definition) is 4. The Morgan fingerprint density at radius 3 is 2.54 bits per heavy atom. The maximum absolute atomic E-state index is 12.9. The lowest BCUT2D eigenvalue weighted by molar-refractivity contribution is 0.102. The van der Waals surface area contributed by atoms with Crippen molar-refractivity contribution in [3.8, 4) is 0 Å². The minimum atomic E-state index is -0.392. The number of nitrogens with one attached hydrogen (secondary N) is 2. The first-order valence-corrected chi connectivity index (χ1v) is 7.33. The Kier molecular flexibility index (Phi) is 4.47. The molecule has 6 heteroatoms. The molecule has 0 aliphatic rings. The van der Waals surface area contributed by atoms with Crippen LogP contribution in [0.5, 0.6) is 0 Å². The van der Waals surface area contributed by atoms with E-state index in [0.717, 1.165) is 11.3 Å². The largest absolute Gasteiger partial charge is 0.340 e. The van der Waals surface area contributed by atoms with Crippen molar-refractivity contribution in [1.82, 2.24) is 9.97 Å². The smallest absolute Gasteiger partial charge is 0.274 e. The summed E-state index contributed by atoms with van der Waals surface area (Å²) < 4.78 is 12.9. The fraction of sp³-hybridized carbons (Fsp3) is 0.0556. The van der Waals surface area contributed by atoms with Gasteiger partial charge in [-0.05, 0) is 42.8 Å². The summed E-state index contributed by atoms with van der Waals surface area (Å²) >= 11 is 0. The third-order valence-corrected chi connectivity index (χ3v) is 3.41. The molecule has 2 N–H and O–H groups in total. The predicted molar refractivity (Wildman–Crippen MR) is 90.8 cm³/mol. The number of aromatic nitrogens is 2. The molecule has 1 heterocycles. The van der Waals surface area contributed by atoms with Gasteiger partial charge >= 0.3 is 0 Å². The molecule has 0 unspecified atom stereocenters. The van der Waals surface area contributed by atoms with Crippen LogP contribution >= 0.6 is 0 Å². The molecule has 0 aliphatic carbocycles. The second kappa shape index (κ2) is 6.87. The van der Waals surface area contributed by atoms with Crippen molar-refractivity contribution in [3.63, 3.8) is 0 Å². The molecule has 0 atom stereocenters. The summed E-state index contributed by atoms with van der Waals surface area (Å²) in [5.41, 5.74) is 2.67. The van der Waals surface area contributed by atoms with Gasteiger partial charge in [-0.15, -0.1) is 0 Å². The highest BCUT2D eigenvalue weighted by Gasteiger charge is 2.10. The van der Waals surface area contributed by atoms with Crippen LogP contribution in [-0.4, -0.2) is 15.9 Å². The zero-order chi connectivity index (χ0) is 16.9. The number of amides is 1. The predicted octanol–water partition coefficient (Wildman–Crippen LogP) is 3.92. The summed E-state index contributed by atoms with van der Waals surface area (Å²) in [7, 11) is 0. The summed E-state index contributed by atoms with van der Waals surface area (Å²) in [6.07, 6.45) is 1.32. The van der Waals surface area contributed by atoms with Gasteiger partial charge in [0, 0.05) is 17.4 Å². The van der Waals surface area contributed by atoms with Gasteiger partial charge in [-0.3, -0.25) is 4.79 Å². The molecule has 0 aliphatic heterocycles. The molecule has 3 aromatic rings. The van der Waals surface area contributed by atoms with Crippen LogP contribution in [0.2, 0.25) is 0 Å². The molecule has 120 valence electrons. The van der Waals surface area contributed by atoms with Gasteiger partial charge in [0.15, 0.2) is 0 Å². The van der Waals surface area contributed by atoms with Crippen LogP contribution in [0.1, 0.15) is 16.1 Å². The van der Waals surface area contributed by atoms with Crippen molar-refractivity contribution >= 4 is 23.1 Å². The third kappa shape index (κ3) is 3.73. The summed E-state index contributed by atoms with van der Waals surface area (Å²) in [6, 6.07) is 14.9. The van der Waals surface area contributed by atoms with E-state index in [-0.39, 0.29) is 11.5 Å². The molecular weight excluding hydrogens is 307 g/mol. The molecule has 0 radical (unpaired) electrons. The minimum absolute atomic E-state index is 0.213. The van der Waals surface area contributed by atoms with Gasteiger partial charge in [-0.25, -0.2) is 14.4 Å². The number of benzene rings is 2. The van der Waals surface area contributed by atoms with Gasteiger partial charge in [0.2, 0.25) is 0 Å². The van der Waals surface area contributed by atoms with E-state index in [9.17, 15) is 9.18 Å². The van der Waals surface area contributed by atoms with Crippen LogP contribution in [0, 0.1) is 12.7 Å². The monoisotopic (exact) mass is 322 g/mol. The summed E-state index contributed by atoms with van der Waals surface area (Å²) in [5.74, 6) is -0.236. The minimum Gasteiger partial charge on any atom is -0.340 e. The van der Waals surface area contributed by atoms with Crippen molar-refractivity contribution in [2.75, 3.05) is 10.6 Å². The average Bonchev–Trinajstić information content (AvgIpc) is 2.59. The van der Waals surface area contributed by atoms with Crippen LogP contribution in [0.25, 0.3) is 0 Å². The quantitative estimate of drug-likeness (QED) is 0.764. The number of aryl methyl sites for hydroxylation is 1. The molecular formula is C18H15FN4O. The molecule has 0 saturated carbocycles. The van der Waals surface area contributed by atoms with Gasteiger partial charge in [-0.1, -0.05) is 18.2 Å². The summed E-state index contributed by atoms with van der Waals surface area (Å²) in [4.78, 5) is 20.4. The van der Waals surface area contributed by atoms with Crippen molar-refractivity contribution in [2.24, 2.45) is 0 Å². The number of carbonyl (C=O) groups is 1. The molecule has 1 aromatic heterocycles. The zero-order valence-electron chi connectivity index (χ0n) is 13.0. The van der Waals surface area contributed by atoms with Gasteiger partial charge < -0.3 is 10.6 Å². The van der Waals surface area contributed by atoms with E-state index in [0.29, 0.717) is 11.5 Å². The van der Waals surface area contributed by atoms with Crippen LogP contribution in [0.3, 0.4) is 0 Å². The van der Waals surface area contributed by atoms with E-state index in [1.807, 2.05) is 31.2 Å². The lowest BCUT2D eigenvalue weighted by Crippen LogP contribution is -2.14. The highest BCUT2D eigenvalue weighted by atomic mass is 19.1. The Balaban J connectivity index is 1.76. The molecule has 0 spiro atoms. The fourth-order valence-electron chi connectivity index (χ4n) is 2.13. The molecule has 5 nitrogen and oxygen atoms in total. The van der Waals surface area contributed by atoms with E-state index in [1.165, 1.54) is 30.6 Å².